The van der Waals surface area contributed by atoms with Crippen molar-refractivity contribution in [2.24, 2.45) is 5.92 Å². The van der Waals surface area contributed by atoms with Gasteiger partial charge in [0.15, 0.2) is 0 Å². The molecule has 1 atom stereocenters. The molecule has 2 fully saturated rings. The van der Waals surface area contributed by atoms with Gasteiger partial charge in [0.1, 0.15) is 0 Å². The number of hydrogen-bond acceptors (Lipinski definition) is 3. The Morgan fingerprint density at radius 1 is 1.21 bits per heavy atom. The first kappa shape index (κ1) is 21.9. The zero-order chi connectivity index (χ0) is 20.8. The number of piperazine rings is 1. The van der Waals surface area contributed by atoms with E-state index in [0.29, 0.717) is 29.7 Å². The zero-order valence-electron chi connectivity index (χ0n) is 17.6. The minimum Gasteiger partial charge on any atom is -0.344 e. The highest BCUT2D eigenvalue weighted by Gasteiger charge is 2.38. The fourth-order valence-electron chi connectivity index (χ4n) is 4.57. The van der Waals surface area contributed by atoms with Gasteiger partial charge in [-0.05, 0) is 43.4 Å². The highest BCUT2D eigenvalue weighted by Crippen LogP contribution is 2.32. The molecule has 3 rings (SSSR count). The van der Waals surface area contributed by atoms with Crippen LogP contribution in [0.3, 0.4) is 0 Å². The smallest absolute Gasteiger partial charge is 0.321 e. The first-order chi connectivity index (χ1) is 14.0. The van der Waals surface area contributed by atoms with Gasteiger partial charge in [-0.15, -0.1) is 0 Å². The second-order valence-electron chi connectivity index (χ2n) is 8.21. The molecule has 6 nitrogen and oxygen atoms in total. The van der Waals surface area contributed by atoms with Crippen LogP contribution in [-0.2, 0) is 4.79 Å². The van der Waals surface area contributed by atoms with Crippen LogP contribution in [0.25, 0.3) is 0 Å². The molecule has 1 heterocycles. The molecule has 1 aromatic carbocycles. The lowest BCUT2D eigenvalue weighted by atomic mass is 9.94. The first-order valence-electron chi connectivity index (χ1n) is 10.8. The highest BCUT2D eigenvalue weighted by molar-refractivity contribution is 6.30. The summed E-state index contributed by atoms with van der Waals surface area (Å²) in [7, 11) is 1.92. The van der Waals surface area contributed by atoms with E-state index in [-0.39, 0.29) is 18.0 Å². The quantitative estimate of drug-likeness (QED) is 0.758. The van der Waals surface area contributed by atoms with E-state index in [4.69, 9.17) is 11.6 Å². The summed E-state index contributed by atoms with van der Waals surface area (Å²) in [6.45, 7) is 5.61. The number of urea groups is 1. The van der Waals surface area contributed by atoms with Crippen LogP contribution < -0.4 is 5.32 Å². The largest absolute Gasteiger partial charge is 0.344 e. The Hall–Kier alpha value is -1.79. The second kappa shape index (κ2) is 10.3. The molecule has 0 unspecified atom stereocenters. The Bertz CT molecular complexity index is 700. The molecule has 7 heteroatoms. The van der Waals surface area contributed by atoms with Crippen LogP contribution in [0.4, 0.5) is 10.5 Å². The van der Waals surface area contributed by atoms with Crippen LogP contribution in [0.5, 0.6) is 0 Å². The number of carbonyl (C=O) groups is 2. The van der Waals surface area contributed by atoms with Crippen LogP contribution >= 0.6 is 11.6 Å². The van der Waals surface area contributed by atoms with E-state index in [1.54, 1.807) is 12.1 Å². The van der Waals surface area contributed by atoms with Crippen molar-refractivity contribution in [3.63, 3.8) is 0 Å². The lowest BCUT2D eigenvalue weighted by Crippen LogP contribution is -2.58. The number of hydrogen-bond donors (Lipinski definition) is 1. The zero-order valence-corrected chi connectivity index (χ0v) is 18.3. The molecule has 1 saturated carbocycles. The molecule has 1 N–H and O–H groups in total. The van der Waals surface area contributed by atoms with Crippen molar-refractivity contribution in [1.29, 1.82) is 0 Å². The van der Waals surface area contributed by atoms with Gasteiger partial charge in [-0.1, -0.05) is 37.4 Å². The average molecular weight is 421 g/mol. The van der Waals surface area contributed by atoms with Crippen molar-refractivity contribution in [1.82, 2.24) is 14.7 Å². The Morgan fingerprint density at radius 3 is 2.52 bits per heavy atom. The van der Waals surface area contributed by atoms with Gasteiger partial charge in [0, 0.05) is 50.5 Å². The van der Waals surface area contributed by atoms with Crippen LogP contribution in [-0.4, -0.2) is 72.5 Å². The normalized spacial score (nSPS) is 19.2. The van der Waals surface area contributed by atoms with E-state index in [1.807, 2.05) is 29.0 Å². The molecule has 1 aliphatic heterocycles. The van der Waals surface area contributed by atoms with Crippen molar-refractivity contribution in [3.8, 4) is 0 Å². The number of rotatable bonds is 6. The third kappa shape index (κ3) is 5.64. The van der Waals surface area contributed by atoms with Crippen molar-refractivity contribution in [2.45, 2.75) is 45.1 Å². The predicted octanol–water partition coefficient (Wildman–Crippen LogP) is 3.92. The summed E-state index contributed by atoms with van der Waals surface area (Å²) < 4.78 is 0. The van der Waals surface area contributed by atoms with E-state index in [0.717, 1.165) is 38.9 Å². The molecule has 3 amide bonds. The molecule has 0 bridgehead atoms. The molecule has 1 aromatic rings. The summed E-state index contributed by atoms with van der Waals surface area (Å²) in [4.78, 5) is 31.8. The van der Waals surface area contributed by atoms with E-state index < -0.39 is 0 Å². The highest BCUT2D eigenvalue weighted by atomic mass is 35.5. The maximum Gasteiger partial charge on any atom is 0.321 e. The standard InChI is InChI=1S/C22H33ClN4O2/c1-3-11-25(2)21(28)20(17-7-4-5-8-17)26-12-14-27(15-13-26)22(29)24-19-10-6-9-18(23)16-19/h6,9-10,16-17,20H,3-5,7-8,11-15H2,1-2H3,(H,24,29)/t20-/m0/s1. The summed E-state index contributed by atoms with van der Waals surface area (Å²) in [5.74, 6) is 0.684. The molecule has 29 heavy (non-hydrogen) atoms. The maximum atomic E-state index is 13.2. The lowest BCUT2D eigenvalue weighted by Gasteiger charge is -2.41. The minimum absolute atomic E-state index is 0.0489. The van der Waals surface area contributed by atoms with E-state index in [9.17, 15) is 9.59 Å². The number of benzene rings is 1. The van der Waals surface area contributed by atoms with Gasteiger partial charge in [-0.3, -0.25) is 9.69 Å². The molecule has 0 radical (unpaired) electrons. The molecule has 2 aliphatic rings. The number of likely N-dealkylation sites (N-methyl/N-ethyl adjacent to an activating group) is 1. The summed E-state index contributed by atoms with van der Waals surface area (Å²) in [6.07, 6.45) is 5.66. The summed E-state index contributed by atoms with van der Waals surface area (Å²) in [6, 6.07) is 7.02. The van der Waals surface area contributed by atoms with Crippen LogP contribution in [0, 0.1) is 5.92 Å². The Kier molecular flexibility index (Phi) is 7.78. The molecule has 0 aromatic heterocycles. The fourth-order valence-corrected chi connectivity index (χ4v) is 4.76. The van der Waals surface area contributed by atoms with Crippen molar-refractivity contribution < 1.29 is 9.59 Å². The van der Waals surface area contributed by atoms with Gasteiger partial charge >= 0.3 is 6.03 Å². The molecule has 1 aliphatic carbocycles. The number of anilines is 1. The number of carbonyl (C=O) groups excluding carboxylic acids is 2. The Labute approximate surface area is 179 Å². The minimum atomic E-state index is -0.112. The van der Waals surface area contributed by atoms with Gasteiger partial charge < -0.3 is 15.1 Å². The fraction of sp³-hybridized carbons (Fsp3) is 0.636. The molecular weight excluding hydrogens is 388 g/mol. The summed E-state index contributed by atoms with van der Waals surface area (Å²) in [5.41, 5.74) is 0.699. The number of nitrogens with zero attached hydrogens (tertiary/aromatic N) is 3. The van der Waals surface area contributed by atoms with E-state index >= 15 is 0 Å². The number of nitrogens with one attached hydrogen (secondary N) is 1. The average Bonchev–Trinajstić information content (AvgIpc) is 3.23. The molecule has 1 saturated heterocycles. The van der Waals surface area contributed by atoms with Crippen LogP contribution in [0.2, 0.25) is 5.02 Å². The van der Waals surface area contributed by atoms with Crippen molar-refractivity contribution >= 4 is 29.2 Å². The Morgan fingerprint density at radius 2 is 1.90 bits per heavy atom. The van der Waals surface area contributed by atoms with Gasteiger partial charge in [0.05, 0.1) is 6.04 Å². The van der Waals surface area contributed by atoms with Crippen molar-refractivity contribution in [2.75, 3.05) is 45.1 Å². The van der Waals surface area contributed by atoms with Gasteiger partial charge in [-0.2, -0.15) is 0 Å². The van der Waals surface area contributed by atoms with Crippen LogP contribution in [0.1, 0.15) is 39.0 Å². The van der Waals surface area contributed by atoms with E-state index in [2.05, 4.69) is 17.1 Å². The van der Waals surface area contributed by atoms with Gasteiger partial charge in [-0.25, -0.2) is 4.79 Å². The van der Waals surface area contributed by atoms with Gasteiger partial charge in [0.2, 0.25) is 5.91 Å². The van der Waals surface area contributed by atoms with E-state index in [1.165, 1.54) is 12.8 Å². The third-order valence-corrected chi connectivity index (χ3v) is 6.34. The third-order valence-electron chi connectivity index (χ3n) is 6.11. The number of amides is 3. The first-order valence-corrected chi connectivity index (χ1v) is 11.2. The van der Waals surface area contributed by atoms with Crippen molar-refractivity contribution in [3.05, 3.63) is 29.3 Å². The topological polar surface area (TPSA) is 55.9 Å². The van der Waals surface area contributed by atoms with Crippen LogP contribution in [0.15, 0.2) is 24.3 Å². The second-order valence-corrected chi connectivity index (χ2v) is 8.65. The molecule has 0 spiro atoms. The number of halogens is 1. The Balaban J connectivity index is 1.60. The predicted molar refractivity (Wildman–Crippen MR) is 117 cm³/mol. The summed E-state index contributed by atoms with van der Waals surface area (Å²) in [5, 5.41) is 3.52. The van der Waals surface area contributed by atoms with Gasteiger partial charge in [0.25, 0.3) is 0 Å². The summed E-state index contributed by atoms with van der Waals surface area (Å²) >= 11 is 6.00. The molecule has 160 valence electrons. The maximum absolute atomic E-state index is 13.2. The monoisotopic (exact) mass is 420 g/mol. The SMILES string of the molecule is CCCN(C)C(=O)[C@H](C1CCCC1)N1CCN(C(=O)Nc2cccc(Cl)c2)CC1. The lowest BCUT2D eigenvalue weighted by molar-refractivity contribution is -0.138. The molecular formula is C22H33ClN4O2.